The maximum atomic E-state index is 11.3. The van der Waals surface area contributed by atoms with Crippen LogP contribution in [0.1, 0.15) is 18.0 Å². The second kappa shape index (κ2) is 5.01. The van der Waals surface area contributed by atoms with Gasteiger partial charge in [-0.3, -0.25) is 0 Å². The Kier molecular flexibility index (Phi) is 3.44. The molecule has 0 fully saturated rings. The molecule has 0 amide bonds. The highest BCUT2D eigenvalue weighted by atomic mass is 16.5. The van der Waals surface area contributed by atoms with E-state index in [1.165, 1.54) is 7.11 Å². The van der Waals surface area contributed by atoms with Crippen LogP contribution < -0.4 is 5.32 Å². The fourth-order valence-electron chi connectivity index (χ4n) is 1.95. The van der Waals surface area contributed by atoms with Crippen molar-refractivity contribution in [2.75, 3.05) is 13.7 Å². The molecule has 0 spiro atoms. The molecule has 0 aromatic heterocycles. The molecule has 0 unspecified atom stereocenters. The van der Waals surface area contributed by atoms with Crippen LogP contribution in [0.25, 0.3) is 0 Å². The van der Waals surface area contributed by atoms with E-state index in [1.807, 2.05) is 30.3 Å². The van der Waals surface area contributed by atoms with Crippen molar-refractivity contribution in [1.82, 2.24) is 5.32 Å². The fourth-order valence-corrected chi connectivity index (χ4v) is 1.95. The Bertz CT molecular complexity index is 439. The molecule has 0 saturated heterocycles. The van der Waals surface area contributed by atoms with Gasteiger partial charge in [-0.05, 0) is 5.56 Å². The van der Waals surface area contributed by atoms with E-state index in [1.54, 1.807) is 0 Å². The van der Waals surface area contributed by atoms with Crippen LogP contribution in [0.2, 0.25) is 0 Å². The molecule has 1 aliphatic rings. The number of methoxy groups -OCH3 is 1. The van der Waals surface area contributed by atoms with Crippen molar-refractivity contribution in [3.63, 3.8) is 0 Å². The van der Waals surface area contributed by atoms with E-state index < -0.39 is 5.97 Å². The topological polar surface area (TPSA) is 58.6 Å². The minimum absolute atomic E-state index is 0.0459. The van der Waals surface area contributed by atoms with Crippen molar-refractivity contribution < 1.29 is 14.6 Å². The number of ether oxygens (including phenoxy) is 1. The van der Waals surface area contributed by atoms with Gasteiger partial charge >= 0.3 is 5.97 Å². The zero-order valence-corrected chi connectivity index (χ0v) is 9.64. The number of benzene rings is 1. The number of aliphatic hydroxyl groups excluding tert-OH is 1. The van der Waals surface area contributed by atoms with Gasteiger partial charge in [0.25, 0.3) is 0 Å². The summed E-state index contributed by atoms with van der Waals surface area (Å²) < 4.78 is 4.60. The van der Waals surface area contributed by atoms with Crippen LogP contribution in [0.4, 0.5) is 0 Å². The predicted molar refractivity (Wildman–Crippen MR) is 63.5 cm³/mol. The Labute approximate surface area is 99.9 Å². The normalized spacial score (nSPS) is 20.2. The molecular weight excluding hydrogens is 218 g/mol. The highest BCUT2D eigenvalue weighted by molar-refractivity contribution is 5.89. The van der Waals surface area contributed by atoms with Crippen LogP contribution >= 0.6 is 0 Å². The van der Waals surface area contributed by atoms with Gasteiger partial charge in [-0.1, -0.05) is 30.3 Å². The van der Waals surface area contributed by atoms with Gasteiger partial charge in [0.2, 0.25) is 0 Å². The van der Waals surface area contributed by atoms with Crippen LogP contribution in [0.5, 0.6) is 0 Å². The molecular formula is C13H15NO3. The average molecular weight is 233 g/mol. The molecule has 1 heterocycles. The lowest BCUT2D eigenvalue weighted by atomic mass is 9.97. The number of hydrogen-bond acceptors (Lipinski definition) is 4. The monoisotopic (exact) mass is 233 g/mol. The lowest BCUT2D eigenvalue weighted by Gasteiger charge is -2.25. The smallest absolute Gasteiger partial charge is 0.338 e. The van der Waals surface area contributed by atoms with E-state index in [2.05, 4.69) is 10.1 Å². The number of hydrogen-bond donors (Lipinski definition) is 2. The highest BCUT2D eigenvalue weighted by Gasteiger charge is 2.25. The molecule has 2 N–H and O–H groups in total. The highest BCUT2D eigenvalue weighted by Crippen LogP contribution is 2.25. The first-order chi connectivity index (χ1) is 8.22. The SMILES string of the molecule is COC(=O)C1=C(O)C[C@H](c2ccccc2)NC1. The first kappa shape index (κ1) is 11.7. The molecule has 0 saturated carbocycles. The zero-order valence-electron chi connectivity index (χ0n) is 9.64. The van der Waals surface area contributed by atoms with Gasteiger partial charge in [-0.15, -0.1) is 0 Å². The van der Waals surface area contributed by atoms with E-state index in [0.29, 0.717) is 18.5 Å². The molecule has 1 aromatic rings. The Morgan fingerprint density at radius 2 is 2.12 bits per heavy atom. The fraction of sp³-hybridized carbons (Fsp3) is 0.308. The Morgan fingerprint density at radius 3 is 2.71 bits per heavy atom. The van der Waals surface area contributed by atoms with E-state index in [0.717, 1.165) is 5.56 Å². The van der Waals surface area contributed by atoms with Gasteiger partial charge in [-0.2, -0.15) is 0 Å². The Morgan fingerprint density at radius 1 is 1.41 bits per heavy atom. The van der Waals surface area contributed by atoms with E-state index in [-0.39, 0.29) is 11.8 Å². The summed E-state index contributed by atoms with van der Waals surface area (Å²) in [5.41, 5.74) is 1.42. The zero-order chi connectivity index (χ0) is 12.3. The summed E-state index contributed by atoms with van der Waals surface area (Å²) in [4.78, 5) is 11.3. The van der Waals surface area contributed by atoms with Crippen molar-refractivity contribution >= 4 is 5.97 Å². The van der Waals surface area contributed by atoms with Gasteiger partial charge in [-0.25, -0.2) is 4.79 Å². The molecule has 0 aliphatic carbocycles. The Balaban J connectivity index is 2.15. The quantitative estimate of drug-likeness (QED) is 0.763. The number of nitrogens with one attached hydrogen (secondary N) is 1. The summed E-state index contributed by atoms with van der Waals surface area (Å²) in [6.07, 6.45) is 0.411. The minimum atomic E-state index is -0.471. The maximum Gasteiger partial charge on any atom is 0.338 e. The first-order valence-electron chi connectivity index (χ1n) is 5.50. The number of esters is 1. The van der Waals surface area contributed by atoms with E-state index in [4.69, 9.17) is 0 Å². The standard InChI is InChI=1S/C13H15NO3/c1-17-13(16)10-8-14-11(7-12(10)15)9-5-3-2-4-6-9/h2-6,11,14-15H,7-8H2,1H3/t11-/m1/s1. The summed E-state index contributed by atoms with van der Waals surface area (Å²) in [7, 11) is 1.31. The van der Waals surface area contributed by atoms with Crippen molar-refractivity contribution in [3.05, 3.63) is 47.2 Å². The lowest BCUT2D eigenvalue weighted by Crippen LogP contribution is -2.32. The van der Waals surface area contributed by atoms with Crippen LogP contribution in [-0.4, -0.2) is 24.7 Å². The molecule has 4 nitrogen and oxygen atoms in total. The summed E-state index contributed by atoms with van der Waals surface area (Å²) in [6.45, 7) is 0.331. The Hall–Kier alpha value is -1.81. The molecule has 17 heavy (non-hydrogen) atoms. The summed E-state index contributed by atoms with van der Waals surface area (Å²) in [6, 6.07) is 9.88. The largest absolute Gasteiger partial charge is 0.512 e. The van der Waals surface area contributed by atoms with Gasteiger partial charge in [0.05, 0.1) is 12.7 Å². The van der Waals surface area contributed by atoms with Gasteiger partial charge < -0.3 is 15.2 Å². The third kappa shape index (κ3) is 2.47. The lowest BCUT2D eigenvalue weighted by molar-refractivity contribution is -0.136. The average Bonchev–Trinajstić information content (AvgIpc) is 2.39. The van der Waals surface area contributed by atoms with Crippen LogP contribution in [-0.2, 0) is 9.53 Å². The van der Waals surface area contributed by atoms with Gasteiger partial charge in [0.15, 0.2) is 0 Å². The van der Waals surface area contributed by atoms with E-state index >= 15 is 0 Å². The van der Waals surface area contributed by atoms with Crippen molar-refractivity contribution in [2.45, 2.75) is 12.5 Å². The molecule has 90 valence electrons. The number of aliphatic hydroxyl groups is 1. The second-order valence-corrected chi connectivity index (χ2v) is 3.97. The third-order valence-corrected chi connectivity index (χ3v) is 2.90. The second-order valence-electron chi connectivity index (χ2n) is 3.97. The third-order valence-electron chi connectivity index (χ3n) is 2.90. The first-order valence-corrected chi connectivity index (χ1v) is 5.50. The van der Waals surface area contributed by atoms with Crippen LogP contribution in [0.15, 0.2) is 41.7 Å². The molecule has 1 aromatic carbocycles. The van der Waals surface area contributed by atoms with Crippen molar-refractivity contribution in [2.24, 2.45) is 0 Å². The van der Waals surface area contributed by atoms with Crippen molar-refractivity contribution in [1.29, 1.82) is 0 Å². The minimum Gasteiger partial charge on any atom is -0.512 e. The maximum absolute atomic E-state index is 11.3. The summed E-state index contributed by atoms with van der Waals surface area (Å²) >= 11 is 0. The van der Waals surface area contributed by atoms with Crippen molar-refractivity contribution in [3.8, 4) is 0 Å². The molecule has 2 rings (SSSR count). The molecule has 4 heteroatoms. The molecule has 1 atom stereocenters. The molecule has 0 bridgehead atoms. The van der Waals surface area contributed by atoms with Gasteiger partial charge in [0, 0.05) is 19.0 Å². The summed E-state index contributed by atoms with van der Waals surface area (Å²) in [5, 5.41) is 13.1. The van der Waals surface area contributed by atoms with Crippen LogP contribution in [0, 0.1) is 0 Å². The number of carbonyl (C=O) groups is 1. The van der Waals surface area contributed by atoms with E-state index in [9.17, 15) is 9.90 Å². The summed E-state index contributed by atoms with van der Waals surface area (Å²) in [5.74, 6) is -0.356. The predicted octanol–water partition coefficient (Wildman–Crippen LogP) is 1.71. The molecule has 0 radical (unpaired) electrons. The number of rotatable bonds is 2. The van der Waals surface area contributed by atoms with Crippen LogP contribution in [0.3, 0.4) is 0 Å². The number of carbonyl (C=O) groups excluding carboxylic acids is 1. The van der Waals surface area contributed by atoms with Gasteiger partial charge in [0.1, 0.15) is 5.76 Å². The molecule has 1 aliphatic heterocycles.